The van der Waals surface area contributed by atoms with E-state index in [4.69, 9.17) is 16.0 Å². The van der Waals surface area contributed by atoms with Gasteiger partial charge in [0.2, 0.25) is 26.6 Å². The van der Waals surface area contributed by atoms with Crippen LogP contribution in [0.4, 0.5) is 5.88 Å². The molecule has 0 spiro atoms. The van der Waals surface area contributed by atoms with E-state index in [1.165, 1.54) is 0 Å². The molecule has 0 unspecified atom stereocenters. The van der Waals surface area contributed by atoms with Crippen LogP contribution in [-0.4, -0.2) is 19.9 Å². The highest BCUT2D eigenvalue weighted by Crippen LogP contribution is 2.32. The quantitative estimate of drug-likeness (QED) is 0.572. The number of hydrogen-bond donors (Lipinski definition) is 1. The second kappa shape index (κ2) is 7.93. The molecule has 2 aromatic carbocycles. The van der Waals surface area contributed by atoms with Crippen molar-refractivity contribution in [2.75, 3.05) is 11.9 Å². The Kier molecular flexibility index (Phi) is 5.64. The average molecular weight is 391 g/mol. The summed E-state index contributed by atoms with van der Waals surface area (Å²) in [5.74, 6) is 0.391. The Bertz CT molecular complexity index is 968. The summed E-state index contributed by atoms with van der Waals surface area (Å²) in [7, 11) is -3.80. The lowest BCUT2D eigenvalue weighted by Gasteiger charge is -2.05. The molecule has 0 aliphatic rings. The standard InChI is InChI=1S/C19H19ClN2O3S/c1-2-3-13-21-18-19(26(23,24)16-7-5-4-6-8-16)22-17(25-18)14-9-11-15(20)12-10-14/h4-12,21H,2-3,13H2,1H3. The largest absolute Gasteiger partial charge is 0.419 e. The Morgan fingerprint density at radius 2 is 1.77 bits per heavy atom. The SMILES string of the molecule is CCCCNc1oc(-c2ccc(Cl)cc2)nc1S(=O)(=O)c1ccccc1. The summed E-state index contributed by atoms with van der Waals surface area (Å²) in [6.45, 7) is 2.66. The van der Waals surface area contributed by atoms with Gasteiger partial charge in [-0.1, -0.05) is 43.1 Å². The van der Waals surface area contributed by atoms with Crippen molar-refractivity contribution in [2.45, 2.75) is 29.7 Å². The minimum absolute atomic E-state index is 0.107. The topological polar surface area (TPSA) is 72.2 Å². The second-order valence-electron chi connectivity index (χ2n) is 5.76. The number of hydrogen-bond acceptors (Lipinski definition) is 5. The summed E-state index contributed by atoms with van der Waals surface area (Å²) >= 11 is 5.91. The Morgan fingerprint density at radius 3 is 2.42 bits per heavy atom. The van der Waals surface area contributed by atoms with Crippen LogP contribution >= 0.6 is 11.6 Å². The summed E-state index contributed by atoms with van der Waals surface area (Å²) < 4.78 is 31.8. The highest BCUT2D eigenvalue weighted by molar-refractivity contribution is 7.91. The van der Waals surface area contributed by atoms with E-state index in [1.54, 1.807) is 54.6 Å². The maximum absolute atomic E-state index is 13.0. The van der Waals surface area contributed by atoms with E-state index in [0.717, 1.165) is 12.8 Å². The minimum atomic E-state index is -3.80. The van der Waals surface area contributed by atoms with E-state index >= 15 is 0 Å². The van der Waals surface area contributed by atoms with Gasteiger partial charge in [0.25, 0.3) is 0 Å². The number of rotatable bonds is 7. The lowest BCUT2D eigenvalue weighted by molar-refractivity contribution is 0.575. The molecule has 7 heteroatoms. The third-order valence-corrected chi connectivity index (χ3v) is 5.74. The Balaban J connectivity index is 2.06. The normalized spacial score (nSPS) is 11.5. The Morgan fingerprint density at radius 1 is 1.08 bits per heavy atom. The zero-order chi connectivity index (χ0) is 18.6. The van der Waals surface area contributed by atoms with Gasteiger partial charge in [-0.2, -0.15) is 4.98 Å². The molecule has 0 amide bonds. The molecular formula is C19H19ClN2O3S. The summed E-state index contributed by atoms with van der Waals surface area (Å²) in [6, 6.07) is 15.1. The lowest BCUT2D eigenvalue weighted by atomic mass is 10.2. The van der Waals surface area contributed by atoms with Crippen molar-refractivity contribution < 1.29 is 12.8 Å². The van der Waals surface area contributed by atoms with Gasteiger partial charge in [0, 0.05) is 17.1 Å². The first-order valence-electron chi connectivity index (χ1n) is 8.33. The van der Waals surface area contributed by atoms with E-state index in [0.29, 0.717) is 17.1 Å². The molecule has 26 heavy (non-hydrogen) atoms. The average Bonchev–Trinajstić information content (AvgIpc) is 3.08. The lowest BCUT2D eigenvalue weighted by Crippen LogP contribution is -2.08. The van der Waals surface area contributed by atoms with Gasteiger partial charge in [-0.3, -0.25) is 0 Å². The zero-order valence-corrected chi connectivity index (χ0v) is 15.8. The van der Waals surface area contributed by atoms with Crippen LogP contribution in [0.3, 0.4) is 0 Å². The first kappa shape index (κ1) is 18.5. The van der Waals surface area contributed by atoms with Crippen molar-refractivity contribution in [3.63, 3.8) is 0 Å². The molecule has 0 atom stereocenters. The summed E-state index contributed by atoms with van der Waals surface area (Å²) in [5.41, 5.74) is 0.655. The number of oxazole rings is 1. The number of sulfone groups is 1. The molecule has 136 valence electrons. The number of nitrogens with zero attached hydrogens (tertiary/aromatic N) is 1. The Hall–Kier alpha value is -2.31. The number of nitrogens with one attached hydrogen (secondary N) is 1. The van der Waals surface area contributed by atoms with Crippen molar-refractivity contribution >= 4 is 27.3 Å². The number of aromatic nitrogens is 1. The van der Waals surface area contributed by atoms with Crippen LogP contribution in [0.5, 0.6) is 0 Å². The molecule has 0 radical (unpaired) electrons. The zero-order valence-electron chi connectivity index (χ0n) is 14.3. The van der Waals surface area contributed by atoms with Crippen LogP contribution in [0.2, 0.25) is 5.02 Å². The summed E-state index contributed by atoms with van der Waals surface area (Å²) in [5, 5.41) is 3.53. The van der Waals surface area contributed by atoms with Crippen LogP contribution in [0.15, 0.2) is 68.9 Å². The van der Waals surface area contributed by atoms with Crippen LogP contribution in [0.1, 0.15) is 19.8 Å². The van der Waals surface area contributed by atoms with Crippen LogP contribution in [-0.2, 0) is 9.84 Å². The number of halogens is 1. The van der Waals surface area contributed by atoms with Gasteiger partial charge in [-0.15, -0.1) is 0 Å². The van der Waals surface area contributed by atoms with Gasteiger partial charge in [0.1, 0.15) is 0 Å². The van der Waals surface area contributed by atoms with Gasteiger partial charge < -0.3 is 9.73 Å². The number of anilines is 1. The van der Waals surface area contributed by atoms with Crippen molar-refractivity contribution in [3.05, 3.63) is 59.6 Å². The van der Waals surface area contributed by atoms with Gasteiger partial charge in [-0.25, -0.2) is 8.42 Å². The fourth-order valence-electron chi connectivity index (χ4n) is 2.41. The number of unbranched alkanes of at least 4 members (excludes halogenated alkanes) is 1. The van der Waals surface area contributed by atoms with Crippen molar-refractivity contribution in [1.82, 2.24) is 4.98 Å². The van der Waals surface area contributed by atoms with E-state index < -0.39 is 9.84 Å². The number of benzene rings is 2. The molecule has 1 N–H and O–H groups in total. The predicted octanol–water partition coefficient (Wildman–Crippen LogP) is 5.04. The van der Waals surface area contributed by atoms with Crippen molar-refractivity contribution in [2.24, 2.45) is 0 Å². The molecule has 3 aromatic rings. The maximum Gasteiger partial charge on any atom is 0.233 e. The second-order valence-corrected chi connectivity index (χ2v) is 8.06. The smallest absolute Gasteiger partial charge is 0.233 e. The fraction of sp³-hybridized carbons (Fsp3) is 0.211. The maximum atomic E-state index is 13.0. The predicted molar refractivity (Wildman–Crippen MR) is 102 cm³/mol. The highest BCUT2D eigenvalue weighted by Gasteiger charge is 2.28. The third-order valence-electron chi connectivity index (χ3n) is 3.81. The molecular weight excluding hydrogens is 372 g/mol. The molecule has 3 rings (SSSR count). The summed E-state index contributed by atoms with van der Waals surface area (Å²) in [6.07, 6.45) is 1.87. The van der Waals surface area contributed by atoms with Crippen LogP contribution < -0.4 is 5.32 Å². The molecule has 5 nitrogen and oxygen atoms in total. The van der Waals surface area contributed by atoms with Crippen LogP contribution in [0.25, 0.3) is 11.5 Å². The first-order valence-corrected chi connectivity index (χ1v) is 10.2. The molecule has 0 fully saturated rings. The van der Waals surface area contributed by atoms with Gasteiger partial charge in [0.15, 0.2) is 0 Å². The van der Waals surface area contributed by atoms with Gasteiger partial charge in [0.05, 0.1) is 4.90 Å². The molecule has 0 aliphatic carbocycles. The monoisotopic (exact) mass is 390 g/mol. The van der Waals surface area contributed by atoms with E-state index in [1.807, 2.05) is 0 Å². The highest BCUT2D eigenvalue weighted by atomic mass is 35.5. The van der Waals surface area contributed by atoms with Gasteiger partial charge >= 0.3 is 0 Å². The third kappa shape index (κ3) is 3.92. The van der Waals surface area contributed by atoms with E-state index in [9.17, 15) is 8.42 Å². The molecule has 0 aliphatic heterocycles. The Labute approximate surface area is 157 Å². The molecule has 0 saturated heterocycles. The fourth-order valence-corrected chi connectivity index (χ4v) is 3.83. The van der Waals surface area contributed by atoms with Crippen molar-refractivity contribution in [1.29, 1.82) is 0 Å². The summed E-state index contributed by atoms with van der Waals surface area (Å²) in [4.78, 5) is 4.45. The van der Waals surface area contributed by atoms with E-state index in [2.05, 4.69) is 17.2 Å². The molecule has 1 heterocycles. The van der Waals surface area contributed by atoms with E-state index in [-0.39, 0.29) is 21.7 Å². The van der Waals surface area contributed by atoms with Gasteiger partial charge in [-0.05, 0) is 42.8 Å². The van der Waals surface area contributed by atoms with Crippen molar-refractivity contribution in [3.8, 4) is 11.5 Å². The first-order chi connectivity index (χ1) is 12.5. The molecule has 0 saturated carbocycles. The minimum Gasteiger partial charge on any atom is -0.419 e. The molecule has 1 aromatic heterocycles. The van der Waals surface area contributed by atoms with Crippen LogP contribution in [0, 0.1) is 0 Å². The molecule has 0 bridgehead atoms.